The molecule has 1 aromatic rings. The second-order valence-electron chi connectivity index (χ2n) is 4.82. The van der Waals surface area contributed by atoms with E-state index >= 15 is 0 Å². The predicted molar refractivity (Wildman–Crippen MR) is 99.3 cm³/mol. The summed E-state index contributed by atoms with van der Waals surface area (Å²) in [5.41, 5.74) is 0.956. The van der Waals surface area contributed by atoms with Gasteiger partial charge in [-0.15, -0.1) is 0 Å². The molecule has 0 aliphatic carbocycles. The van der Waals surface area contributed by atoms with Crippen molar-refractivity contribution in [2.75, 3.05) is 11.9 Å². The Kier molecular flexibility index (Phi) is 8.49. The number of anilines is 1. The number of nitrogens with one attached hydrogen (secondary N) is 2. The zero-order valence-electron chi connectivity index (χ0n) is 13.9. The van der Waals surface area contributed by atoms with E-state index in [4.69, 9.17) is 17.0 Å². The van der Waals surface area contributed by atoms with Crippen molar-refractivity contribution in [3.63, 3.8) is 0 Å². The Morgan fingerprint density at radius 3 is 2.67 bits per heavy atom. The topological polar surface area (TPSA) is 86.2 Å². The summed E-state index contributed by atoms with van der Waals surface area (Å²) >= 11 is 6.87. The lowest BCUT2D eigenvalue weighted by Crippen LogP contribution is -2.39. The Bertz CT molecular complexity index is 622. The van der Waals surface area contributed by atoms with Crippen LogP contribution in [0.3, 0.4) is 0 Å². The minimum absolute atomic E-state index is 0.119. The van der Waals surface area contributed by atoms with Crippen molar-refractivity contribution >= 4 is 45.2 Å². The third-order valence-electron chi connectivity index (χ3n) is 3.09. The summed E-state index contributed by atoms with van der Waals surface area (Å²) in [6.45, 7) is 5.40. The highest BCUT2D eigenvalue weighted by Crippen LogP contribution is 2.21. The maximum absolute atomic E-state index is 12.7. The van der Waals surface area contributed by atoms with Gasteiger partial charge in [0.05, 0.1) is 22.8 Å². The van der Waals surface area contributed by atoms with Gasteiger partial charge in [-0.05, 0) is 25.5 Å². The fourth-order valence-electron chi connectivity index (χ4n) is 1.99. The summed E-state index contributed by atoms with van der Waals surface area (Å²) in [6, 6.07) is 3.57. The van der Waals surface area contributed by atoms with E-state index in [-0.39, 0.29) is 21.9 Å². The molecule has 0 aliphatic rings. The molecule has 6 nitrogen and oxygen atoms in total. The molecule has 1 rings (SSSR count). The number of allylic oxidation sites excluding steroid dienone is 1. The normalized spacial score (nSPS) is 12.4. The number of thioether (sulfide) groups is 1. The van der Waals surface area contributed by atoms with E-state index in [1.54, 1.807) is 31.5 Å². The van der Waals surface area contributed by atoms with Crippen molar-refractivity contribution in [3.05, 3.63) is 36.4 Å². The molecule has 1 unspecified atom stereocenters. The molecule has 130 valence electrons. The number of aromatic nitrogens is 1. The van der Waals surface area contributed by atoms with Gasteiger partial charge < -0.3 is 10.2 Å². The summed E-state index contributed by atoms with van der Waals surface area (Å²) in [5.74, 6) is -0.246. The van der Waals surface area contributed by atoms with Gasteiger partial charge in [0.1, 0.15) is 5.17 Å². The van der Waals surface area contributed by atoms with Gasteiger partial charge in [-0.1, -0.05) is 30.3 Å². The fourth-order valence-corrected chi connectivity index (χ4v) is 2.94. The van der Waals surface area contributed by atoms with Crippen molar-refractivity contribution in [1.82, 2.24) is 9.88 Å². The molecule has 2 N–H and O–H groups in total. The molecule has 0 radical (unpaired) electrons. The zero-order chi connectivity index (χ0) is 18.1. The fraction of sp³-hybridized carbons (Fsp3) is 0.375. The lowest BCUT2D eigenvalue weighted by Gasteiger charge is -2.26. The molecule has 0 saturated heterocycles. The number of carbonyl (C=O) groups is 2. The minimum atomic E-state index is -0.500. The van der Waals surface area contributed by atoms with Crippen molar-refractivity contribution in [1.29, 1.82) is 5.41 Å². The summed E-state index contributed by atoms with van der Waals surface area (Å²) < 4.78 is 0. The third kappa shape index (κ3) is 5.98. The highest BCUT2D eigenvalue weighted by atomic mass is 35.5. The van der Waals surface area contributed by atoms with Crippen LogP contribution in [0, 0.1) is 5.41 Å². The van der Waals surface area contributed by atoms with Crippen LogP contribution >= 0.6 is 23.4 Å². The number of carbonyl (C=O) groups excluding carboxylic acids is 2. The van der Waals surface area contributed by atoms with E-state index in [1.165, 1.54) is 18.0 Å². The van der Waals surface area contributed by atoms with Gasteiger partial charge in [-0.25, -0.2) is 0 Å². The quantitative estimate of drug-likeness (QED) is 0.686. The molecule has 1 heterocycles. The number of hydrogen-bond donors (Lipinski definition) is 2. The lowest BCUT2D eigenvalue weighted by atomic mass is 10.2. The van der Waals surface area contributed by atoms with Crippen LogP contribution in [-0.4, -0.2) is 37.9 Å². The molecule has 1 amide bonds. The number of rotatable bonds is 8. The predicted octanol–water partition coefficient (Wildman–Crippen LogP) is 3.46. The van der Waals surface area contributed by atoms with Gasteiger partial charge in [0.2, 0.25) is 5.91 Å². The summed E-state index contributed by atoms with van der Waals surface area (Å²) in [5, 5.41) is 9.86. The van der Waals surface area contributed by atoms with E-state index in [9.17, 15) is 9.59 Å². The van der Waals surface area contributed by atoms with Crippen LogP contribution in [0.4, 0.5) is 5.69 Å². The van der Waals surface area contributed by atoms with Crippen LogP contribution in [0.25, 0.3) is 0 Å². The second-order valence-corrected chi connectivity index (χ2v) is 6.58. The number of halogens is 1. The lowest BCUT2D eigenvalue weighted by molar-refractivity contribution is -0.128. The van der Waals surface area contributed by atoms with E-state index < -0.39 is 5.25 Å². The first-order chi connectivity index (χ1) is 11.4. The average molecular weight is 369 g/mol. The molecule has 0 aliphatic heterocycles. The van der Waals surface area contributed by atoms with E-state index in [0.29, 0.717) is 18.7 Å². The van der Waals surface area contributed by atoms with Gasteiger partial charge in [0.15, 0.2) is 5.12 Å². The van der Waals surface area contributed by atoms with E-state index in [0.717, 1.165) is 11.8 Å². The summed E-state index contributed by atoms with van der Waals surface area (Å²) in [6.07, 6.45) is 5.27. The highest BCUT2D eigenvalue weighted by Gasteiger charge is 2.27. The number of nitrogens with zero attached hydrogens (tertiary/aromatic N) is 2. The number of hydrogen-bond acceptors (Lipinski definition) is 6. The molecule has 24 heavy (non-hydrogen) atoms. The van der Waals surface area contributed by atoms with Crippen molar-refractivity contribution in [2.24, 2.45) is 0 Å². The molecule has 8 heteroatoms. The molecule has 1 aromatic heterocycles. The second kappa shape index (κ2) is 10.1. The molecule has 1 atom stereocenters. The largest absolute Gasteiger partial charge is 0.358 e. The van der Waals surface area contributed by atoms with Crippen LogP contribution in [0.5, 0.6) is 0 Å². The Balaban J connectivity index is 3.03. The molecule has 0 saturated carbocycles. The SMILES string of the molecule is CCC(SC(C)=O)C(=O)N(CC)C(=CNc1cccnc1)C(=N)Cl. The molecular weight excluding hydrogens is 348 g/mol. The zero-order valence-corrected chi connectivity index (χ0v) is 15.4. The van der Waals surface area contributed by atoms with Gasteiger partial charge >= 0.3 is 0 Å². The van der Waals surface area contributed by atoms with Gasteiger partial charge in [0.25, 0.3) is 0 Å². The maximum atomic E-state index is 12.7. The van der Waals surface area contributed by atoms with E-state index in [2.05, 4.69) is 10.3 Å². The molecular formula is C16H21ClN4O2S. The van der Waals surface area contributed by atoms with Crippen LogP contribution in [0.1, 0.15) is 27.2 Å². The smallest absolute Gasteiger partial charge is 0.240 e. The monoisotopic (exact) mass is 368 g/mol. The molecule has 0 bridgehead atoms. The highest BCUT2D eigenvalue weighted by molar-refractivity contribution is 8.14. The standard InChI is InChI=1S/C16H21ClN4O2S/c1-4-14(24-11(3)22)16(23)21(5-2)13(15(17)18)10-20-12-7-6-8-19-9-12/h6-10,14,18,20H,4-5H2,1-3H3. The Morgan fingerprint density at radius 2 is 2.21 bits per heavy atom. The van der Waals surface area contributed by atoms with Crippen molar-refractivity contribution < 1.29 is 9.59 Å². The Hall–Kier alpha value is -1.86. The maximum Gasteiger partial charge on any atom is 0.240 e. The number of amides is 1. The van der Waals surface area contributed by atoms with Gasteiger partial charge in [-0.2, -0.15) is 0 Å². The summed E-state index contributed by atoms with van der Waals surface area (Å²) in [7, 11) is 0. The first-order valence-corrected chi connectivity index (χ1v) is 8.76. The minimum Gasteiger partial charge on any atom is -0.358 e. The van der Waals surface area contributed by atoms with Gasteiger partial charge in [-0.3, -0.25) is 20.0 Å². The van der Waals surface area contributed by atoms with Crippen LogP contribution in [0.2, 0.25) is 0 Å². The van der Waals surface area contributed by atoms with Gasteiger partial charge in [0, 0.05) is 25.9 Å². The first kappa shape index (κ1) is 20.2. The first-order valence-electron chi connectivity index (χ1n) is 7.50. The van der Waals surface area contributed by atoms with Crippen LogP contribution in [0.15, 0.2) is 36.4 Å². The molecule has 0 fully saturated rings. The Labute approximate surface area is 151 Å². The molecule has 0 spiro atoms. The van der Waals surface area contributed by atoms with Crippen molar-refractivity contribution in [2.45, 2.75) is 32.4 Å². The summed E-state index contributed by atoms with van der Waals surface area (Å²) in [4.78, 5) is 29.4. The Morgan fingerprint density at radius 1 is 1.50 bits per heavy atom. The van der Waals surface area contributed by atoms with Crippen LogP contribution < -0.4 is 5.32 Å². The number of pyridine rings is 1. The van der Waals surface area contributed by atoms with Crippen molar-refractivity contribution in [3.8, 4) is 0 Å². The third-order valence-corrected chi connectivity index (χ3v) is 4.43. The average Bonchev–Trinajstić information content (AvgIpc) is 2.56. The van der Waals surface area contributed by atoms with E-state index in [1.807, 2.05) is 6.92 Å². The van der Waals surface area contributed by atoms with Crippen LogP contribution in [-0.2, 0) is 9.59 Å². The molecule has 0 aromatic carbocycles.